The Balaban J connectivity index is 2.47. The lowest BCUT2D eigenvalue weighted by molar-refractivity contribution is 0.365. The molecule has 0 aliphatic carbocycles. The van der Waals surface area contributed by atoms with Gasteiger partial charge in [0.1, 0.15) is 10.0 Å². The van der Waals surface area contributed by atoms with Crippen LogP contribution in [-0.2, 0) is 6.54 Å². The highest BCUT2D eigenvalue weighted by atomic mass is 32.1. The van der Waals surface area contributed by atoms with Crippen LogP contribution in [0.3, 0.4) is 0 Å². The van der Waals surface area contributed by atoms with Gasteiger partial charge in [-0.25, -0.2) is 0 Å². The standard InChI is InChI=1S/C7H10N4S/c1-6-9-10-7(12-6)5-11(2)4-3-8/h4-5H2,1-2H3. The predicted molar refractivity (Wildman–Crippen MR) is 46.6 cm³/mol. The molecule has 0 saturated heterocycles. The maximum absolute atomic E-state index is 8.40. The lowest BCUT2D eigenvalue weighted by Gasteiger charge is -2.07. The number of aromatic nitrogens is 2. The number of rotatable bonds is 3. The van der Waals surface area contributed by atoms with Gasteiger partial charge >= 0.3 is 0 Å². The highest BCUT2D eigenvalue weighted by Crippen LogP contribution is 2.09. The molecule has 4 nitrogen and oxygen atoms in total. The number of hydrogen-bond donors (Lipinski definition) is 0. The SMILES string of the molecule is Cc1nnc(CN(C)CC#N)s1. The van der Waals surface area contributed by atoms with Gasteiger partial charge in [0.25, 0.3) is 0 Å². The van der Waals surface area contributed by atoms with Gasteiger partial charge in [0.05, 0.1) is 19.2 Å². The summed E-state index contributed by atoms with van der Waals surface area (Å²) in [7, 11) is 1.89. The maximum atomic E-state index is 8.40. The third-order valence-corrected chi connectivity index (χ3v) is 2.14. The summed E-state index contributed by atoms with van der Waals surface area (Å²) in [5, 5.41) is 18.2. The van der Waals surface area contributed by atoms with Crippen molar-refractivity contribution in [2.24, 2.45) is 0 Å². The molecule has 12 heavy (non-hydrogen) atoms. The molecule has 1 aromatic heterocycles. The Kier molecular flexibility index (Phi) is 3.14. The summed E-state index contributed by atoms with van der Waals surface area (Å²) in [6, 6.07) is 2.08. The van der Waals surface area contributed by atoms with Gasteiger partial charge in [-0.15, -0.1) is 21.5 Å². The molecule has 5 heteroatoms. The minimum Gasteiger partial charge on any atom is -0.287 e. The molecule has 0 aliphatic heterocycles. The van der Waals surface area contributed by atoms with Gasteiger partial charge in [-0.1, -0.05) is 0 Å². The molecule has 0 unspecified atom stereocenters. The molecule has 1 aromatic rings. The van der Waals surface area contributed by atoms with E-state index in [1.165, 1.54) is 0 Å². The molecular formula is C7H10N4S. The first-order valence-electron chi connectivity index (χ1n) is 3.57. The van der Waals surface area contributed by atoms with Crippen molar-refractivity contribution < 1.29 is 0 Å². The second kappa shape index (κ2) is 4.14. The molecule has 0 radical (unpaired) electrons. The van der Waals surface area contributed by atoms with E-state index in [1.54, 1.807) is 11.3 Å². The zero-order valence-electron chi connectivity index (χ0n) is 7.11. The normalized spacial score (nSPS) is 10.2. The zero-order chi connectivity index (χ0) is 8.97. The molecule has 0 amide bonds. The largest absolute Gasteiger partial charge is 0.287 e. The molecule has 0 saturated carbocycles. The van der Waals surface area contributed by atoms with Gasteiger partial charge in [0.15, 0.2) is 0 Å². The van der Waals surface area contributed by atoms with Crippen LogP contribution < -0.4 is 0 Å². The van der Waals surface area contributed by atoms with Crippen molar-refractivity contribution in [1.82, 2.24) is 15.1 Å². The van der Waals surface area contributed by atoms with E-state index in [0.717, 1.165) is 10.0 Å². The van der Waals surface area contributed by atoms with Crippen molar-refractivity contribution in [1.29, 1.82) is 5.26 Å². The second-order valence-electron chi connectivity index (χ2n) is 2.55. The van der Waals surface area contributed by atoms with Crippen molar-refractivity contribution in [3.8, 4) is 6.07 Å². The van der Waals surface area contributed by atoms with E-state index in [-0.39, 0.29) is 0 Å². The van der Waals surface area contributed by atoms with Crippen molar-refractivity contribution in [3.05, 3.63) is 10.0 Å². The molecular weight excluding hydrogens is 172 g/mol. The quantitative estimate of drug-likeness (QED) is 0.649. The molecule has 0 N–H and O–H groups in total. The third-order valence-electron chi connectivity index (χ3n) is 1.31. The van der Waals surface area contributed by atoms with E-state index in [9.17, 15) is 0 Å². The third kappa shape index (κ3) is 2.57. The Bertz CT molecular complexity index is 288. The summed E-state index contributed by atoms with van der Waals surface area (Å²) in [5.74, 6) is 0. The Hall–Kier alpha value is -0.990. The first kappa shape index (κ1) is 9.10. The Labute approximate surface area is 75.5 Å². The Morgan fingerprint density at radius 2 is 2.33 bits per heavy atom. The Morgan fingerprint density at radius 1 is 1.58 bits per heavy atom. The molecule has 0 fully saturated rings. The minimum atomic E-state index is 0.429. The van der Waals surface area contributed by atoms with E-state index in [1.807, 2.05) is 18.9 Å². The van der Waals surface area contributed by atoms with E-state index in [0.29, 0.717) is 13.1 Å². The summed E-state index contributed by atoms with van der Waals surface area (Å²) < 4.78 is 0. The van der Waals surface area contributed by atoms with Crippen LogP contribution in [0, 0.1) is 18.3 Å². The number of nitrogens with zero attached hydrogens (tertiary/aromatic N) is 4. The summed E-state index contributed by atoms with van der Waals surface area (Å²) in [5.41, 5.74) is 0. The maximum Gasteiger partial charge on any atom is 0.131 e. The van der Waals surface area contributed by atoms with Gasteiger partial charge < -0.3 is 0 Å². The van der Waals surface area contributed by atoms with E-state index < -0.39 is 0 Å². The zero-order valence-corrected chi connectivity index (χ0v) is 7.93. The van der Waals surface area contributed by atoms with Crippen LogP contribution in [0.4, 0.5) is 0 Å². The second-order valence-corrected chi connectivity index (χ2v) is 3.81. The van der Waals surface area contributed by atoms with Crippen molar-refractivity contribution >= 4 is 11.3 Å². The Morgan fingerprint density at radius 3 is 2.83 bits per heavy atom. The fourth-order valence-corrected chi connectivity index (χ4v) is 1.60. The van der Waals surface area contributed by atoms with Crippen LogP contribution in [0.25, 0.3) is 0 Å². The topological polar surface area (TPSA) is 52.8 Å². The van der Waals surface area contributed by atoms with E-state index in [2.05, 4.69) is 16.3 Å². The average Bonchev–Trinajstić information content (AvgIpc) is 2.36. The first-order chi connectivity index (χ1) is 5.72. The number of nitriles is 1. The predicted octanol–water partition coefficient (Wildman–Crippen LogP) is 0.802. The van der Waals surface area contributed by atoms with Gasteiger partial charge in [-0.2, -0.15) is 5.26 Å². The smallest absolute Gasteiger partial charge is 0.131 e. The van der Waals surface area contributed by atoms with Crippen LogP contribution in [0.1, 0.15) is 10.0 Å². The minimum absolute atomic E-state index is 0.429. The van der Waals surface area contributed by atoms with E-state index in [4.69, 9.17) is 5.26 Å². The summed E-state index contributed by atoms with van der Waals surface area (Å²) in [6.07, 6.45) is 0. The average molecular weight is 182 g/mol. The molecule has 1 heterocycles. The van der Waals surface area contributed by atoms with Gasteiger partial charge in [0.2, 0.25) is 0 Å². The number of hydrogen-bond acceptors (Lipinski definition) is 5. The fraction of sp³-hybridized carbons (Fsp3) is 0.571. The van der Waals surface area contributed by atoms with Gasteiger partial charge in [0, 0.05) is 0 Å². The molecule has 0 aliphatic rings. The molecule has 0 atom stereocenters. The van der Waals surface area contributed by atoms with E-state index >= 15 is 0 Å². The first-order valence-corrected chi connectivity index (χ1v) is 4.38. The van der Waals surface area contributed by atoms with Crippen molar-refractivity contribution in [2.75, 3.05) is 13.6 Å². The highest BCUT2D eigenvalue weighted by molar-refractivity contribution is 7.11. The molecule has 0 spiro atoms. The highest BCUT2D eigenvalue weighted by Gasteiger charge is 2.03. The molecule has 1 rings (SSSR count). The monoisotopic (exact) mass is 182 g/mol. The summed E-state index contributed by atoms with van der Waals surface area (Å²) in [6.45, 7) is 3.06. The molecule has 0 bridgehead atoms. The number of aryl methyl sites for hydroxylation is 1. The lowest BCUT2D eigenvalue weighted by Crippen LogP contribution is -2.17. The summed E-state index contributed by atoms with van der Waals surface area (Å²) in [4.78, 5) is 1.90. The van der Waals surface area contributed by atoms with Gasteiger partial charge in [-0.3, -0.25) is 4.90 Å². The molecule has 64 valence electrons. The fourth-order valence-electron chi connectivity index (χ4n) is 0.809. The lowest BCUT2D eigenvalue weighted by atomic mass is 10.5. The van der Waals surface area contributed by atoms with Crippen molar-refractivity contribution in [3.63, 3.8) is 0 Å². The van der Waals surface area contributed by atoms with Crippen LogP contribution in [0.15, 0.2) is 0 Å². The van der Waals surface area contributed by atoms with Crippen LogP contribution in [-0.4, -0.2) is 28.7 Å². The van der Waals surface area contributed by atoms with Gasteiger partial charge in [-0.05, 0) is 14.0 Å². The van der Waals surface area contributed by atoms with Crippen LogP contribution in [0.2, 0.25) is 0 Å². The molecule has 0 aromatic carbocycles. The van der Waals surface area contributed by atoms with Crippen LogP contribution >= 0.6 is 11.3 Å². The van der Waals surface area contributed by atoms with Crippen LogP contribution in [0.5, 0.6) is 0 Å². The summed E-state index contributed by atoms with van der Waals surface area (Å²) >= 11 is 1.57. The van der Waals surface area contributed by atoms with Crippen molar-refractivity contribution in [2.45, 2.75) is 13.5 Å².